The van der Waals surface area contributed by atoms with Gasteiger partial charge in [0.2, 0.25) is 17.8 Å². The summed E-state index contributed by atoms with van der Waals surface area (Å²) < 4.78 is 114. The fourth-order valence-corrected chi connectivity index (χ4v) is 8.92. The number of aliphatic imine (C=N–C) groups is 1. The molecule has 2 aliphatic rings. The zero-order valence-corrected chi connectivity index (χ0v) is 46.8. The molecule has 2 fully saturated rings. The number of carbonyl (C=O) groups excluding carboxylic acids is 2. The SMILES string of the molecule is CNc1ccc(Oc2ccnc(NC(=O)CN3CCC(OC)CC3)c2)cc1N.COC1CCN(CC(=O)Nc2cc(Oc3ccc4c(c3)nc(Nc3cc(C(F)(F)F)ccc3F)n4C)ccn2)CC1.FC(F)(F)c1ccc(Cl)c(N=C=S)c1. The molecule has 2 amide bonds. The van der Waals surface area contributed by atoms with E-state index in [0.29, 0.717) is 76.1 Å². The molecule has 440 valence electrons. The number of alkyl halides is 6. The number of carbonyl (C=O) groups is 2. The van der Waals surface area contributed by atoms with Crippen LogP contribution in [-0.4, -0.2) is 119 Å². The lowest BCUT2D eigenvalue weighted by Crippen LogP contribution is -2.41. The molecule has 0 saturated carbocycles. The largest absolute Gasteiger partial charge is 0.457 e. The summed E-state index contributed by atoms with van der Waals surface area (Å²) >= 11 is 9.85. The van der Waals surface area contributed by atoms with Gasteiger partial charge in [-0.1, -0.05) is 11.6 Å². The van der Waals surface area contributed by atoms with Gasteiger partial charge in [-0.15, -0.1) is 0 Å². The molecule has 18 nitrogen and oxygen atoms in total. The Bertz CT molecular complexity index is 3410. The number of isothiocyanates is 1. The molecule has 0 radical (unpaired) electrons. The number of hydrogen-bond donors (Lipinski definition) is 5. The molecule has 5 heterocycles. The van der Waals surface area contributed by atoms with Crippen LogP contribution in [0, 0.1) is 5.82 Å². The van der Waals surface area contributed by atoms with Crippen molar-refractivity contribution in [1.29, 1.82) is 0 Å². The van der Waals surface area contributed by atoms with Crippen molar-refractivity contribution in [2.45, 2.75) is 50.2 Å². The van der Waals surface area contributed by atoms with Crippen LogP contribution in [0.2, 0.25) is 5.02 Å². The number of likely N-dealkylation sites (tertiary alicyclic amines) is 2. The number of nitrogens with zero attached hydrogens (tertiary/aromatic N) is 7. The second kappa shape index (κ2) is 28.8. The van der Waals surface area contributed by atoms with Gasteiger partial charge in [-0.05, 0) is 111 Å². The Morgan fingerprint density at radius 1 is 0.711 bits per heavy atom. The topological polar surface area (TPSA) is 208 Å². The number of ether oxygens (including phenoxy) is 4. The highest BCUT2D eigenvalue weighted by molar-refractivity contribution is 7.78. The predicted molar refractivity (Wildman–Crippen MR) is 306 cm³/mol. The van der Waals surface area contributed by atoms with Crippen LogP contribution in [0.3, 0.4) is 0 Å². The first-order valence-corrected chi connectivity index (χ1v) is 26.4. The zero-order valence-electron chi connectivity index (χ0n) is 45.2. The Kier molecular flexibility index (Phi) is 21.8. The molecule has 0 bridgehead atoms. The summed E-state index contributed by atoms with van der Waals surface area (Å²) in [6.07, 6.45) is -1.72. The number of thiocarbonyl (C=S) groups is 1. The minimum Gasteiger partial charge on any atom is -0.457 e. The van der Waals surface area contributed by atoms with E-state index in [4.69, 9.17) is 36.3 Å². The first-order chi connectivity index (χ1) is 39.6. The van der Waals surface area contributed by atoms with Crippen LogP contribution in [0.15, 0.2) is 114 Å². The van der Waals surface area contributed by atoms with E-state index in [2.05, 4.69) is 63.2 Å². The van der Waals surface area contributed by atoms with Crippen LogP contribution in [0.25, 0.3) is 11.0 Å². The molecule has 6 N–H and O–H groups in total. The van der Waals surface area contributed by atoms with Crippen molar-refractivity contribution in [3.05, 3.63) is 131 Å². The number of benzene rings is 4. The second-order valence-electron chi connectivity index (χ2n) is 18.8. The molecule has 2 saturated heterocycles. The molecule has 83 heavy (non-hydrogen) atoms. The molecule has 0 unspecified atom stereocenters. The lowest BCUT2D eigenvalue weighted by atomic mass is 10.1. The summed E-state index contributed by atoms with van der Waals surface area (Å²) in [6, 6.07) is 22.1. The third-order valence-corrected chi connectivity index (χ3v) is 13.5. The molecule has 7 aromatic rings. The Hall–Kier alpha value is -7.97. The number of imidazole rings is 1. The number of nitrogen functional groups attached to an aromatic ring is 1. The van der Waals surface area contributed by atoms with Crippen LogP contribution in [0.4, 0.5) is 71.1 Å². The number of methoxy groups -OCH3 is 2. The number of piperidine rings is 2. The van der Waals surface area contributed by atoms with Crippen LogP contribution in [0.5, 0.6) is 23.0 Å². The Balaban J connectivity index is 0.000000202. The van der Waals surface area contributed by atoms with Gasteiger partial charge in [0.1, 0.15) is 40.5 Å². The summed E-state index contributed by atoms with van der Waals surface area (Å²) in [5.74, 6) is 1.86. The third-order valence-electron chi connectivity index (χ3n) is 13.1. The Labute approximate surface area is 483 Å². The van der Waals surface area contributed by atoms with Gasteiger partial charge in [0.15, 0.2) is 0 Å². The number of anilines is 6. The lowest BCUT2D eigenvalue weighted by Gasteiger charge is -2.30. The monoisotopic (exact) mass is 1190 g/mol. The van der Waals surface area contributed by atoms with Crippen molar-refractivity contribution in [2.75, 3.05) is 87.5 Å². The molecular formula is C56H58ClF7N12O6S. The summed E-state index contributed by atoms with van der Waals surface area (Å²) in [4.78, 5) is 45.3. The van der Waals surface area contributed by atoms with Gasteiger partial charge < -0.3 is 50.5 Å². The summed E-state index contributed by atoms with van der Waals surface area (Å²) in [5.41, 5.74) is 6.34. The zero-order chi connectivity index (χ0) is 59.8. The molecule has 0 aliphatic carbocycles. The number of aromatic nitrogens is 4. The molecule has 0 spiro atoms. The summed E-state index contributed by atoms with van der Waals surface area (Å²) in [6.45, 7) is 3.86. The Morgan fingerprint density at radius 2 is 1.22 bits per heavy atom. The van der Waals surface area contributed by atoms with E-state index in [9.17, 15) is 40.3 Å². The average molecular weight is 1200 g/mol. The standard InChI is InChI=1S/C28H28F4N6O3.C20H27N5O3.C8H3ClF3NS/c1-37-24-6-4-19(14-23(24)35-27(37)34-22-13-17(28(30,31)32)3-5-21(22)29)41-20-7-10-33-25(15-20)36-26(39)16-38-11-8-18(40-2)9-12-38;1-22-18-4-3-15(11-17(18)21)28-16-5-8-23-19(12-16)24-20(26)13-25-9-6-14(27-2)7-10-25;9-6-2-1-5(8(10,11)12)3-7(6)13-4-14/h3-7,10,13-15,18H,8-9,11-12,16H2,1-2H3,(H,34,35)(H,33,36,39);3-5,8,11-12,14,22H,6-7,9-10,13,21H2,1-2H3,(H,23,24,26);1-3H. The highest BCUT2D eigenvalue weighted by atomic mass is 35.5. The van der Waals surface area contributed by atoms with Gasteiger partial charge in [0.25, 0.3) is 0 Å². The number of nitrogens with one attached hydrogen (secondary N) is 4. The number of amides is 2. The number of halogens is 8. The van der Waals surface area contributed by atoms with E-state index < -0.39 is 29.3 Å². The fourth-order valence-electron chi connectivity index (χ4n) is 8.66. The third kappa shape index (κ3) is 18.3. The van der Waals surface area contributed by atoms with Gasteiger partial charge in [0.05, 0.1) is 80.4 Å². The van der Waals surface area contributed by atoms with Crippen molar-refractivity contribution < 1.29 is 59.3 Å². The second-order valence-corrected chi connectivity index (χ2v) is 19.4. The normalized spacial score (nSPS) is 14.3. The average Bonchev–Trinajstić information content (AvgIpc) is 3.68. The molecule has 9 rings (SSSR count). The summed E-state index contributed by atoms with van der Waals surface area (Å²) in [5, 5.41) is 13.3. The van der Waals surface area contributed by atoms with Crippen LogP contribution < -0.4 is 36.5 Å². The lowest BCUT2D eigenvalue weighted by molar-refractivity contribution is -0.138. The van der Waals surface area contributed by atoms with Gasteiger partial charge in [-0.3, -0.25) is 19.4 Å². The van der Waals surface area contributed by atoms with Crippen LogP contribution >= 0.6 is 23.8 Å². The molecule has 4 aromatic carbocycles. The van der Waals surface area contributed by atoms with Crippen LogP contribution in [0.1, 0.15) is 36.8 Å². The highest BCUT2D eigenvalue weighted by Crippen LogP contribution is 2.36. The molecule has 3 aromatic heterocycles. The molecule has 0 atom stereocenters. The number of nitrogens with two attached hydrogens (primary N) is 1. The van der Waals surface area contributed by atoms with Crippen molar-refractivity contribution in [1.82, 2.24) is 29.3 Å². The minimum absolute atomic E-state index is 0.0310. The van der Waals surface area contributed by atoms with Gasteiger partial charge in [-0.25, -0.2) is 19.3 Å². The van der Waals surface area contributed by atoms with E-state index >= 15 is 0 Å². The number of rotatable bonds is 16. The van der Waals surface area contributed by atoms with Crippen molar-refractivity contribution >= 4 is 92.2 Å². The number of pyridine rings is 2. The van der Waals surface area contributed by atoms with Crippen LogP contribution in [-0.2, 0) is 38.5 Å². The minimum atomic E-state index is -4.61. The Morgan fingerprint density at radius 3 is 1.72 bits per heavy atom. The molecular weight excluding hydrogens is 1140 g/mol. The molecule has 27 heteroatoms. The van der Waals surface area contributed by atoms with Gasteiger partial charge in [-0.2, -0.15) is 31.3 Å². The maximum Gasteiger partial charge on any atom is 0.416 e. The first kappa shape index (κ1) is 62.6. The predicted octanol–water partition coefficient (Wildman–Crippen LogP) is 12.4. The maximum atomic E-state index is 14.3. The summed E-state index contributed by atoms with van der Waals surface area (Å²) in [7, 11) is 6.89. The van der Waals surface area contributed by atoms with E-state index in [1.165, 1.54) is 6.20 Å². The number of aryl methyl sites for hydroxylation is 1. The quantitative estimate of drug-likeness (QED) is 0.0264. The first-order valence-electron chi connectivity index (χ1n) is 25.6. The number of hydrogen-bond acceptors (Lipinski definition) is 16. The van der Waals surface area contributed by atoms with E-state index in [-0.39, 0.29) is 46.8 Å². The van der Waals surface area contributed by atoms with Crippen molar-refractivity contribution in [2.24, 2.45) is 12.0 Å². The van der Waals surface area contributed by atoms with Crippen molar-refractivity contribution in [3.8, 4) is 23.0 Å². The molecule has 2 aliphatic heterocycles. The highest BCUT2D eigenvalue weighted by Gasteiger charge is 2.32. The number of fused-ring (bicyclic) bond motifs is 1. The maximum absolute atomic E-state index is 14.3. The van der Waals surface area contributed by atoms with Gasteiger partial charge >= 0.3 is 12.4 Å². The fraction of sp³-hybridized carbons (Fsp3) is 0.321. The smallest absolute Gasteiger partial charge is 0.416 e. The van der Waals surface area contributed by atoms with Crippen molar-refractivity contribution in [3.63, 3.8) is 0 Å². The van der Waals surface area contributed by atoms with E-state index in [0.717, 1.165) is 81.8 Å². The van der Waals surface area contributed by atoms with Gasteiger partial charge in [0, 0.05) is 91.2 Å². The van der Waals surface area contributed by atoms with E-state index in [1.807, 2.05) is 24.3 Å². The van der Waals surface area contributed by atoms with E-state index in [1.54, 1.807) is 80.6 Å².